The Balaban J connectivity index is 1.81. The lowest BCUT2D eigenvalue weighted by molar-refractivity contribution is -0.139. The molecule has 0 fully saturated rings. The minimum atomic E-state index is -0.818. The van der Waals surface area contributed by atoms with Gasteiger partial charge in [0.05, 0.1) is 47.2 Å². The molecule has 3 aromatic carbocycles. The molecule has 1 aromatic heterocycles. The number of hydrogen-bond acceptors (Lipinski definition) is 8. The third kappa shape index (κ3) is 5.36. The SMILES string of the molecule is CCOC(=O)C1=C(C)N=c2s/c(=C\c3cc(Br)c(OCC)cc3OCC)c(=O)n2[C@@H]1c1c(OC)ccc2ccccc12. The lowest BCUT2D eigenvalue weighted by atomic mass is 9.90. The van der Waals surface area contributed by atoms with Crippen LogP contribution in [0.4, 0.5) is 0 Å². The molecule has 2 heterocycles. The molecule has 0 aliphatic carbocycles. The Morgan fingerprint density at radius 3 is 2.48 bits per heavy atom. The van der Waals surface area contributed by atoms with Crippen molar-refractivity contribution in [2.75, 3.05) is 26.9 Å². The van der Waals surface area contributed by atoms with E-state index in [2.05, 4.69) is 15.9 Å². The molecule has 0 spiro atoms. The van der Waals surface area contributed by atoms with Crippen LogP contribution in [-0.2, 0) is 9.53 Å². The summed E-state index contributed by atoms with van der Waals surface area (Å²) in [5.41, 5.74) is 1.89. The molecule has 1 atom stereocenters. The Bertz CT molecular complexity index is 1890. The molecular formula is C32H31BrN2O6S. The van der Waals surface area contributed by atoms with Gasteiger partial charge in [-0.05, 0) is 72.6 Å². The van der Waals surface area contributed by atoms with Crippen LogP contribution in [0.15, 0.2) is 74.1 Å². The average Bonchev–Trinajstić information content (AvgIpc) is 3.28. The minimum Gasteiger partial charge on any atom is -0.496 e. The predicted octanol–water partition coefficient (Wildman–Crippen LogP) is 5.52. The number of carbonyl (C=O) groups is 1. The van der Waals surface area contributed by atoms with Gasteiger partial charge in [-0.15, -0.1) is 0 Å². The summed E-state index contributed by atoms with van der Waals surface area (Å²) in [6.45, 7) is 8.46. The van der Waals surface area contributed by atoms with Crippen LogP contribution < -0.4 is 29.1 Å². The predicted molar refractivity (Wildman–Crippen MR) is 167 cm³/mol. The summed E-state index contributed by atoms with van der Waals surface area (Å²) in [5.74, 6) is 1.27. The standard InChI is InChI=1S/C32H31BrN2O6S/c1-6-39-24-17-25(40-7-2)22(33)15-20(24)16-26-30(36)35-29(27(31(37)41-8-3)18(4)34-32(35)42-26)28-21-12-10-9-11-19(21)13-14-23(28)38-5/h9-17,29H,6-8H2,1-5H3/b26-16-/t29-/m0/s1. The zero-order valence-electron chi connectivity index (χ0n) is 24.0. The number of thiazole rings is 1. The Labute approximate surface area is 255 Å². The van der Waals surface area contributed by atoms with Crippen molar-refractivity contribution in [3.63, 3.8) is 0 Å². The van der Waals surface area contributed by atoms with E-state index in [1.807, 2.05) is 62.4 Å². The number of benzene rings is 3. The summed E-state index contributed by atoms with van der Waals surface area (Å²) >= 11 is 4.83. The number of methoxy groups -OCH3 is 1. The number of rotatable bonds is 9. The fraction of sp³-hybridized carbons (Fsp3) is 0.281. The van der Waals surface area contributed by atoms with E-state index in [9.17, 15) is 9.59 Å². The van der Waals surface area contributed by atoms with Crippen molar-refractivity contribution >= 4 is 50.1 Å². The molecule has 4 aromatic rings. The summed E-state index contributed by atoms with van der Waals surface area (Å²) in [7, 11) is 1.58. The number of halogens is 1. The molecule has 0 saturated carbocycles. The van der Waals surface area contributed by atoms with Crippen molar-refractivity contribution in [1.82, 2.24) is 4.57 Å². The highest BCUT2D eigenvalue weighted by molar-refractivity contribution is 9.10. The van der Waals surface area contributed by atoms with Crippen LogP contribution in [0.1, 0.15) is 44.9 Å². The lowest BCUT2D eigenvalue weighted by Crippen LogP contribution is -2.40. The average molecular weight is 652 g/mol. The van der Waals surface area contributed by atoms with E-state index in [0.717, 1.165) is 15.2 Å². The number of carbonyl (C=O) groups excluding carboxylic acids is 1. The van der Waals surface area contributed by atoms with Gasteiger partial charge < -0.3 is 18.9 Å². The summed E-state index contributed by atoms with van der Waals surface area (Å²) in [6.07, 6.45) is 1.79. The highest BCUT2D eigenvalue weighted by atomic mass is 79.9. The first-order valence-corrected chi connectivity index (χ1v) is 15.3. The van der Waals surface area contributed by atoms with Crippen LogP contribution in [-0.4, -0.2) is 37.5 Å². The van der Waals surface area contributed by atoms with E-state index in [0.29, 0.717) is 62.2 Å². The maximum absolute atomic E-state index is 14.3. The Hall–Kier alpha value is -3.89. The third-order valence-corrected chi connectivity index (χ3v) is 8.49. The zero-order valence-corrected chi connectivity index (χ0v) is 26.4. The molecule has 0 radical (unpaired) electrons. The summed E-state index contributed by atoms with van der Waals surface area (Å²) in [6, 6.07) is 14.5. The fourth-order valence-corrected chi connectivity index (χ4v) is 6.66. The maximum atomic E-state index is 14.3. The van der Waals surface area contributed by atoms with Gasteiger partial charge in [0.15, 0.2) is 4.80 Å². The number of hydrogen-bond donors (Lipinski definition) is 0. The van der Waals surface area contributed by atoms with E-state index in [4.69, 9.17) is 23.9 Å². The monoisotopic (exact) mass is 650 g/mol. The first kappa shape index (κ1) is 29.6. The highest BCUT2D eigenvalue weighted by Gasteiger charge is 2.36. The minimum absolute atomic E-state index is 0.187. The zero-order chi connectivity index (χ0) is 30.0. The molecule has 8 nitrogen and oxygen atoms in total. The third-order valence-electron chi connectivity index (χ3n) is 6.89. The van der Waals surface area contributed by atoms with Gasteiger partial charge in [-0.3, -0.25) is 9.36 Å². The van der Waals surface area contributed by atoms with Gasteiger partial charge in [-0.2, -0.15) is 0 Å². The smallest absolute Gasteiger partial charge is 0.338 e. The molecule has 5 rings (SSSR count). The van der Waals surface area contributed by atoms with E-state index < -0.39 is 12.0 Å². The Kier molecular flexibility index (Phi) is 8.84. The molecule has 0 bridgehead atoms. The van der Waals surface area contributed by atoms with Crippen molar-refractivity contribution in [2.45, 2.75) is 33.7 Å². The molecule has 1 aliphatic heterocycles. The van der Waals surface area contributed by atoms with Crippen LogP contribution >= 0.6 is 27.3 Å². The molecular weight excluding hydrogens is 620 g/mol. The highest BCUT2D eigenvalue weighted by Crippen LogP contribution is 2.40. The Morgan fingerprint density at radius 2 is 1.76 bits per heavy atom. The van der Waals surface area contributed by atoms with Crippen LogP contribution in [0.25, 0.3) is 16.8 Å². The van der Waals surface area contributed by atoms with Crippen LogP contribution in [0.5, 0.6) is 17.2 Å². The van der Waals surface area contributed by atoms with Crippen LogP contribution in [0.2, 0.25) is 0 Å². The second-order valence-corrected chi connectivity index (χ2v) is 11.3. The van der Waals surface area contributed by atoms with Gasteiger partial charge in [0.1, 0.15) is 23.3 Å². The maximum Gasteiger partial charge on any atom is 0.338 e. The number of nitrogens with zero attached hydrogens (tertiary/aromatic N) is 2. The molecule has 42 heavy (non-hydrogen) atoms. The molecule has 0 saturated heterocycles. The second-order valence-electron chi connectivity index (χ2n) is 9.39. The molecule has 0 unspecified atom stereocenters. The summed E-state index contributed by atoms with van der Waals surface area (Å²) in [4.78, 5) is 32.9. The summed E-state index contributed by atoms with van der Waals surface area (Å²) in [5, 5.41) is 1.82. The molecule has 218 valence electrons. The Morgan fingerprint density at radius 1 is 1.02 bits per heavy atom. The van der Waals surface area contributed by atoms with Gasteiger partial charge in [0, 0.05) is 17.2 Å². The van der Waals surface area contributed by atoms with Gasteiger partial charge in [-0.25, -0.2) is 9.79 Å². The first-order valence-electron chi connectivity index (χ1n) is 13.7. The van der Waals surface area contributed by atoms with E-state index in [1.54, 1.807) is 31.6 Å². The topological polar surface area (TPSA) is 88.4 Å². The van der Waals surface area contributed by atoms with Crippen LogP contribution in [0, 0.1) is 0 Å². The fourth-order valence-electron chi connectivity index (χ4n) is 5.15. The normalized spacial score (nSPS) is 14.9. The van der Waals surface area contributed by atoms with Crippen LogP contribution in [0.3, 0.4) is 0 Å². The number of ether oxygens (including phenoxy) is 4. The molecule has 1 aliphatic rings. The van der Waals surface area contributed by atoms with Crippen molar-refractivity contribution < 1.29 is 23.7 Å². The van der Waals surface area contributed by atoms with Gasteiger partial charge in [0.2, 0.25) is 0 Å². The van der Waals surface area contributed by atoms with Crippen molar-refractivity contribution in [2.24, 2.45) is 4.99 Å². The molecule has 0 N–H and O–H groups in total. The van der Waals surface area contributed by atoms with Crippen molar-refractivity contribution in [3.8, 4) is 17.2 Å². The lowest BCUT2D eigenvalue weighted by Gasteiger charge is -2.27. The number of esters is 1. The number of aromatic nitrogens is 1. The van der Waals surface area contributed by atoms with Crippen molar-refractivity contribution in [3.05, 3.63) is 95.1 Å². The van der Waals surface area contributed by atoms with Gasteiger partial charge in [0.25, 0.3) is 5.56 Å². The number of fused-ring (bicyclic) bond motifs is 2. The summed E-state index contributed by atoms with van der Waals surface area (Å²) < 4.78 is 25.7. The molecule has 10 heteroatoms. The van der Waals surface area contributed by atoms with E-state index in [-0.39, 0.29) is 12.2 Å². The van der Waals surface area contributed by atoms with E-state index >= 15 is 0 Å². The quantitative estimate of drug-likeness (QED) is 0.222. The van der Waals surface area contributed by atoms with E-state index in [1.165, 1.54) is 11.3 Å². The second kappa shape index (κ2) is 12.5. The first-order chi connectivity index (χ1) is 20.3. The van der Waals surface area contributed by atoms with Crippen molar-refractivity contribution in [1.29, 1.82) is 0 Å². The number of allylic oxidation sites excluding steroid dienone is 1. The van der Waals surface area contributed by atoms with Gasteiger partial charge >= 0.3 is 5.97 Å². The van der Waals surface area contributed by atoms with Gasteiger partial charge in [-0.1, -0.05) is 41.7 Å². The molecule has 0 amide bonds. The largest absolute Gasteiger partial charge is 0.496 e.